The van der Waals surface area contributed by atoms with Crippen LogP contribution in [0.2, 0.25) is 0 Å². The minimum absolute atomic E-state index is 0.190. The van der Waals surface area contributed by atoms with Crippen LogP contribution in [0.3, 0.4) is 0 Å². The van der Waals surface area contributed by atoms with E-state index in [1.165, 1.54) is 0 Å². The minimum atomic E-state index is -0.190. The maximum absolute atomic E-state index is 11.9. The molecule has 0 bridgehead atoms. The first-order valence-corrected chi connectivity index (χ1v) is 6.96. The fourth-order valence-corrected chi connectivity index (χ4v) is 2.09. The van der Waals surface area contributed by atoms with Crippen molar-refractivity contribution in [2.45, 2.75) is 33.5 Å². The van der Waals surface area contributed by atoms with E-state index >= 15 is 0 Å². The Balaban J connectivity index is 1.97. The van der Waals surface area contributed by atoms with Gasteiger partial charge in [0.2, 0.25) is 0 Å². The highest BCUT2D eigenvalue weighted by molar-refractivity contribution is 9.10. The number of rotatable bonds is 5. The Hall–Kier alpha value is -1.63. The van der Waals surface area contributed by atoms with Gasteiger partial charge in [-0.25, -0.2) is 0 Å². The van der Waals surface area contributed by atoms with E-state index in [4.69, 9.17) is 0 Å². The quantitative estimate of drug-likeness (QED) is 0.911. The van der Waals surface area contributed by atoms with Crippen molar-refractivity contribution in [3.05, 3.63) is 34.3 Å². The number of aromatic nitrogens is 4. The second-order valence-corrected chi connectivity index (χ2v) is 4.87. The lowest BCUT2D eigenvalue weighted by molar-refractivity contribution is 0.0944. The van der Waals surface area contributed by atoms with E-state index < -0.39 is 0 Å². The molecule has 6 nitrogen and oxygen atoms in total. The highest BCUT2D eigenvalue weighted by Gasteiger charge is 2.11. The molecule has 0 unspecified atom stereocenters. The lowest BCUT2D eigenvalue weighted by Gasteiger charge is -2.01. The van der Waals surface area contributed by atoms with E-state index in [0.717, 1.165) is 23.3 Å². The van der Waals surface area contributed by atoms with Gasteiger partial charge in [-0.05, 0) is 35.8 Å². The predicted octanol–water partition coefficient (Wildman–Crippen LogP) is 1.81. The van der Waals surface area contributed by atoms with Crippen molar-refractivity contribution < 1.29 is 4.79 Å². The van der Waals surface area contributed by atoms with Gasteiger partial charge in [-0.3, -0.25) is 14.2 Å². The molecule has 0 atom stereocenters. The number of aryl methyl sites for hydroxylation is 2. The third kappa shape index (κ3) is 3.23. The van der Waals surface area contributed by atoms with Crippen molar-refractivity contribution in [1.82, 2.24) is 24.9 Å². The fourth-order valence-electron chi connectivity index (χ4n) is 1.63. The van der Waals surface area contributed by atoms with Crippen LogP contribution in [-0.2, 0) is 19.6 Å². The van der Waals surface area contributed by atoms with E-state index in [1.54, 1.807) is 16.9 Å². The molecule has 0 saturated carbocycles. The third-order valence-corrected chi connectivity index (χ3v) is 3.39. The van der Waals surface area contributed by atoms with Gasteiger partial charge in [-0.2, -0.15) is 10.2 Å². The number of hydrogen-bond donors (Lipinski definition) is 1. The number of carbonyl (C=O) groups excluding carboxylic acids is 1. The summed E-state index contributed by atoms with van der Waals surface area (Å²) < 4.78 is 4.43. The monoisotopic (exact) mass is 325 g/mol. The largest absolute Gasteiger partial charge is 0.345 e. The average molecular weight is 326 g/mol. The summed E-state index contributed by atoms with van der Waals surface area (Å²) in [6, 6.07) is 1.71. The Morgan fingerprint density at radius 3 is 2.63 bits per heavy atom. The van der Waals surface area contributed by atoms with Crippen LogP contribution in [0, 0.1) is 0 Å². The van der Waals surface area contributed by atoms with Crippen LogP contribution in [0.1, 0.15) is 30.0 Å². The van der Waals surface area contributed by atoms with Gasteiger partial charge in [0.05, 0.1) is 16.7 Å². The molecular formula is C12H16BrN5O. The Morgan fingerprint density at radius 1 is 1.32 bits per heavy atom. The highest BCUT2D eigenvalue weighted by atomic mass is 79.9. The molecule has 0 spiro atoms. The smallest absolute Gasteiger partial charge is 0.272 e. The van der Waals surface area contributed by atoms with Crippen molar-refractivity contribution in [2.24, 2.45) is 0 Å². The maximum Gasteiger partial charge on any atom is 0.272 e. The predicted molar refractivity (Wildman–Crippen MR) is 74.7 cm³/mol. The number of amides is 1. The van der Waals surface area contributed by atoms with Gasteiger partial charge >= 0.3 is 0 Å². The van der Waals surface area contributed by atoms with Crippen molar-refractivity contribution in [2.75, 3.05) is 0 Å². The molecule has 0 radical (unpaired) electrons. The molecule has 1 N–H and O–H groups in total. The number of halogens is 1. The lowest BCUT2D eigenvalue weighted by Crippen LogP contribution is -2.24. The molecule has 2 aromatic heterocycles. The summed E-state index contributed by atoms with van der Waals surface area (Å²) in [7, 11) is 0. The van der Waals surface area contributed by atoms with Crippen LogP contribution in [-0.4, -0.2) is 25.5 Å². The summed E-state index contributed by atoms with van der Waals surface area (Å²) >= 11 is 3.43. The summed E-state index contributed by atoms with van der Waals surface area (Å²) in [5, 5.41) is 11.3. The topological polar surface area (TPSA) is 64.7 Å². The standard InChI is InChI=1S/C12H16BrN5O/c1-3-17-6-5-10(15-17)12(19)14-7-11-9(13)8-18(4-2)16-11/h5-6,8H,3-4,7H2,1-2H3,(H,14,19). The van der Waals surface area contributed by atoms with Crippen LogP contribution in [0.15, 0.2) is 22.9 Å². The summed E-state index contributed by atoms with van der Waals surface area (Å²) in [4.78, 5) is 11.9. The SMILES string of the molecule is CCn1ccc(C(=O)NCc2nn(CC)cc2Br)n1. The molecule has 19 heavy (non-hydrogen) atoms. The van der Waals surface area contributed by atoms with E-state index in [-0.39, 0.29) is 5.91 Å². The van der Waals surface area contributed by atoms with Gasteiger partial charge in [0, 0.05) is 25.5 Å². The number of nitrogens with zero attached hydrogens (tertiary/aromatic N) is 4. The highest BCUT2D eigenvalue weighted by Crippen LogP contribution is 2.14. The van der Waals surface area contributed by atoms with Crippen LogP contribution >= 0.6 is 15.9 Å². The first-order valence-electron chi connectivity index (χ1n) is 6.17. The summed E-state index contributed by atoms with van der Waals surface area (Å²) in [5.41, 5.74) is 1.23. The molecule has 7 heteroatoms. The number of carbonyl (C=O) groups is 1. The van der Waals surface area contributed by atoms with Crippen LogP contribution < -0.4 is 5.32 Å². The Kier molecular flexibility index (Phi) is 4.36. The molecular weight excluding hydrogens is 310 g/mol. The molecule has 2 aromatic rings. The van der Waals surface area contributed by atoms with Gasteiger partial charge in [0.15, 0.2) is 0 Å². The zero-order valence-corrected chi connectivity index (χ0v) is 12.5. The second-order valence-electron chi connectivity index (χ2n) is 4.02. The molecule has 0 fully saturated rings. The molecule has 0 aliphatic carbocycles. The molecule has 2 rings (SSSR count). The second kappa shape index (κ2) is 6.01. The van der Waals surface area contributed by atoms with Gasteiger partial charge in [0.1, 0.15) is 5.69 Å². The van der Waals surface area contributed by atoms with Crippen LogP contribution in [0.5, 0.6) is 0 Å². The van der Waals surface area contributed by atoms with Gasteiger partial charge in [0.25, 0.3) is 5.91 Å². The zero-order chi connectivity index (χ0) is 13.8. The van der Waals surface area contributed by atoms with Crippen LogP contribution in [0.4, 0.5) is 0 Å². The van der Waals surface area contributed by atoms with E-state index in [9.17, 15) is 4.79 Å². The van der Waals surface area contributed by atoms with Gasteiger partial charge in [-0.1, -0.05) is 0 Å². The Labute approximate surface area is 119 Å². The van der Waals surface area contributed by atoms with Gasteiger partial charge in [-0.15, -0.1) is 0 Å². The number of nitrogens with one attached hydrogen (secondary N) is 1. The maximum atomic E-state index is 11.9. The lowest BCUT2D eigenvalue weighted by atomic mass is 10.4. The van der Waals surface area contributed by atoms with Gasteiger partial charge < -0.3 is 5.32 Å². The molecule has 0 aliphatic heterocycles. The number of hydrogen-bond acceptors (Lipinski definition) is 3. The molecule has 102 valence electrons. The van der Waals surface area contributed by atoms with E-state index in [0.29, 0.717) is 12.2 Å². The van der Waals surface area contributed by atoms with E-state index in [2.05, 4.69) is 31.4 Å². The zero-order valence-electron chi connectivity index (χ0n) is 10.9. The first-order chi connectivity index (χ1) is 9.13. The van der Waals surface area contributed by atoms with Crippen molar-refractivity contribution >= 4 is 21.8 Å². The molecule has 1 amide bonds. The van der Waals surface area contributed by atoms with Crippen molar-refractivity contribution in [1.29, 1.82) is 0 Å². The molecule has 2 heterocycles. The average Bonchev–Trinajstić information content (AvgIpc) is 3.02. The summed E-state index contributed by atoms with van der Waals surface area (Å²) in [6.45, 7) is 5.92. The van der Waals surface area contributed by atoms with Crippen molar-refractivity contribution in [3.8, 4) is 0 Å². The van der Waals surface area contributed by atoms with Crippen LogP contribution in [0.25, 0.3) is 0 Å². The van der Waals surface area contributed by atoms with Crippen molar-refractivity contribution in [3.63, 3.8) is 0 Å². The minimum Gasteiger partial charge on any atom is -0.345 e. The summed E-state index contributed by atoms with van der Waals surface area (Å²) in [6.07, 6.45) is 3.68. The first kappa shape index (κ1) is 13.8. The fraction of sp³-hybridized carbons (Fsp3) is 0.417. The summed E-state index contributed by atoms with van der Waals surface area (Å²) in [5.74, 6) is -0.190. The Morgan fingerprint density at radius 2 is 2.05 bits per heavy atom. The Bertz CT molecular complexity index is 574. The molecule has 0 aromatic carbocycles. The molecule has 0 aliphatic rings. The normalized spacial score (nSPS) is 10.7. The molecule has 0 saturated heterocycles. The third-order valence-electron chi connectivity index (χ3n) is 2.72. The van der Waals surface area contributed by atoms with E-state index in [1.807, 2.05) is 24.7 Å².